The number of ether oxygens (including phenoxy) is 1. The fourth-order valence-corrected chi connectivity index (χ4v) is 2.24. The largest absolute Gasteiger partial charge is 0.494 e. The molecule has 0 unspecified atom stereocenters. The summed E-state index contributed by atoms with van der Waals surface area (Å²) in [5.41, 5.74) is -1.46. The Kier molecular flexibility index (Phi) is 5.81. The molecule has 1 aromatic carbocycles. The number of carbonyl (C=O) groups is 2. The molecule has 2 N–H and O–H groups in total. The number of carboxylic acids is 2. The van der Waals surface area contributed by atoms with Gasteiger partial charge in [0.2, 0.25) is 0 Å². The summed E-state index contributed by atoms with van der Waals surface area (Å²) in [7, 11) is 0. The van der Waals surface area contributed by atoms with Gasteiger partial charge in [0, 0.05) is 0 Å². The minimum absolute atomic E-state index is 0.464. The normalized spacial score (nSPS) is 12.0. The van der Waals surface area contributed by atoms with Gasteiger partial charge in [-0.25, -0.2) is 0 Å². The van der Waals surface area contributed by atoms with Gasteiger partial charge in [-0.1, -0.05) is 19.4 Å². The third kappa shape index (κ3) is 4.03. The Balaban J connectivity index is 3.41. The Morgan fingerprint density at radius 3 is 2.00 bits per heavy atom. The number of carboxylic acid groups (broad SMARTS) is 2. The van der Waals surface area contributed by atoms with E-state index in [1.165, 1.54) is 0 Å². The van der Waals surface area contributed by atoms with E-state index in [1.807, 2.05) is 0 Å². The zero-order chi connectivity index (χ0) is 17.8. The first-order valence-corrected chi connectivity index (χ1v) is 7.79. The smallest absolute Gasteiger partial charge is 0.313 e. The summed E-state index contributed by atoms with van der Waals surface area (Å²) in [6, 6.07) is 5.02. The molecule has 0 fully saturated rings. The van der Waals surface area contributed by atoms with E-state index in [0.29, 0.717) is 23.5 Å². The van der Waals surface area contributed by atoms with Gasteiger partial charge < -0.3 is 14.9 Å². The molecule has 0 atom stereocenters. The number of aliphatic carboxylic acids is 2. The quantitative estimate of drug-likeness (QED) is 0.715. The molecule has 0 amide bonds. The van der Waals surface area contributed by atoms with Gasteiger partial charge in [0.05, 0.1) is 17.4 Å². The first-order valence-electron chi connectivity index (χ1n) is 7.79. The van der Waals surface area contributed by atoms with Crippen molar-refractivity contribution < 1.29 is 24.5 Å². The molecule has 0 spiro atoms. The van der Waals surface area contributed by atoms with Gasteiger partial charge in [0.15, 0.2) is 0 Å². The van der Waals surface area contributed by atoms with E-state index in [9.17, 15) is 19.8 Å². The average molecular weight is 322 g/mol. The number of unbranched alkanes of at least 4 members (excludes halogenated alkanes) is 1. The lowest BCUT2D eigenvalue weighted by molar-refractivity contribution is -0.144. The van der Waals surface area contributed by atoms with Crippen molar-refractivity contribution in [3.63, 3.8) is 0 Å². The van der Waals surface area contributed by atoms with Crippen LogP contribution >= 0.6 is 0 Å². The molecule has 1 rings (SSSR count). The topological polar surface area (TPSA) is 83.8 Å². The zero-order valence-corrected chi connectivity index (χ0v) is 14.5. The average Bonchev–Trinajstić information content (AvgIpc) is 2.46. The second-order valence-corrected chi connectivity index (χ2v) is 6.77. The molecule has 0 radical (unpaired) electrons. The Morgan fingerprint density at radius 1 is 1.00 bits per heavy atom. The summed E-state index contributed by atoms with van der Waals surface area (Å²) >= 11 is 0. The standard InChI is InChI=1S/C18H26O5/c1-6-7-10-23-12-8-9-13(17(2,3)15(19)20)14(11-12)18(4,5)16(21)22/h8-9,11H,6-7,10H2,1-5H3,(H,19,20)(H,21,22). The van der Waals surface area contributed by atoms with Gasteiger partial charge in [-0.3, -0.25) is 9.59 Å². The molecule has 0 saturated carbocycles. The molecule has 5 nitrogen and oxygen atoms in total. The lowest BCUT2D eigenvalue weighted by Crippen LogP contribution is -2.36. The molecule has 23 heavy (non-hydrogen) atoms. The highest BCUT2D eigenvalue weighted by Crippen LogP contribution is 2.37. The van der Waals surface area contributed by atoms with Gasteiger partial charge in [-0.2, -0.15) is 0 Å². The molecule has 0 aliphatic heterocycles. The van der Waals surface area contributed by atoms with Crippen molar-refractivity contribution in [1.82, 2.24) is 0 Å². The van der Waals surface area contributed by atoms with E-state index >= 15 is 0 Å². The van der Waals surface area contributed by atoms with Crippen LogP contribution in [0.2, 0.25) is 0 Å². The van der Waals surface area contributed by atoms with Crippen LogP contribution in [0.1, 0.15) is 58.6 Å². The fraction of sp³-hybridized carbons (Fsp3) is 0.556. The van der Waals surface area contributed by atoms with Crippen molar-refractivity contribution in [3.05, 3.63) is 29.3 Å². The molecule has 0 heterocycles. The predicted molar refractivity (Wildman–Crippen MR) is 88.2 cm³/mol. The van der Waals surface area contributed by atoms with Crippen molar-refractivity contribution in [3.8, 4) is 5.75 Å². The molecule has 0 aliphatic rings. The molecular weight excluding hydrogens is 296 g/mol. The summed E-state index contributed by atoms with van der Waals surface area (Å²) in [4.78, 5) is 23.2. The highest BCUT2D eigenvalue weighted by molar-refractivity contribution is 5.85. The maximum Gasteiger partial charge on any atom is 0.313 e. The van der Waals surface area contributed by atoms with Gasteiger partial charge in [0.25, 0.3) is 0 Å². The van der Waals surface area contributed by atoms with Gasteiger partial charge >= 0.3 is 11.9 Å². The molecule has 128 valence electrons. The number of rotatable bonds is 8. The van der Waals surface area contributed by atoms with E-state index in [1.54, 1.807) is 45.9 Å². The Morgan fingerprint density at radius 2 is 1.52 bits per heavy atom. The van der Waals surface area contributed by atoms with Crippen LogP contribution in [0.3, 0.4) is 0 Å². The van der Waals surface area contributed by atoms with Crippen molar-refractivity contribution in [2.75, 3.05) is 6.61 Å². The summed E-state index contributed by atoms with van der Waals surface area (Å²) in [6.07, 6.45) is 1.90. The lowest BCUT2D eigenvalue weighted by Gasteiger charge is -2.30. The third-order valence-electron chi connectivity index (χ3n) is 4.17. The second kappa shape index (κ2) is 7.02. The van der Waals surface area contributed by atoms with Crippen LogP contribution in [0.15, 0.2) is 18.2 Å². The number of hydrogen-bond donors (Lipinski definition) is 2. The summed E-state index contributed by atoms with van der Waals surface area (Å²) in [5.74, 6) is -1.45. The highest BCUT2D eigenvalue weighted by atomic mass is 16.5. The predicted octanol–water partition coefficient (Wildman–Crippen LogP) is 3.59. The minimum Gasteiger partial charge on any atom is -0.494 e. The Bertz CT molecular complexity index is 587. The van der Waals surface area contributed by atoms with Crippen molar-refractivity contribution in [2.24, 2.45) is 0 Å². The lowest BCUT2D eigenvalue weighted by atomic mass is 9.73. The van der Waals surface area contributed by atoms with E-state index < -0.39 is 22.8 Å². The fourth-order valence-electron chi connectivity index (χ4n) is 2.24. The molecule has 0 bridgehead atoms. The summed E-state index contributed by atoms with van der Waals surface area (Å²) < 4.78 is 5.65. The first-order chi connectivity index (χ1) is 10.5. The maximum absolute atomic E-state index is 11.7. The van der Waals surface area contributed by atoms with Gasteiger partial charge in [0.1, 0.15) is 5.75 Å². The van der Waals surface area contributed by atoms with E-state index in [-0.39, 0.29) is 0 Å². The molecule has 0 aliphatic carbocycles. The molecule has 5 heteroatoms. The molecular formula is C18H26O5. The maximum atomic E-state index is 11.7. The third-order valence-corrected chi connectivity index (χ3v) is 4.17. The number of benzene rings is 1. The monoisotopic (exact) mass is 322 g/mol. The summed E-state index contributed by atoms with van der Waals surface area (Å²) in [6.45, 7) is 8.89. The van der Waals surface area contributed by atoms with Crippen LogP contribution in [0, 0.1) is 0 Å². The highest BCUT2D eigenvalue weighted by Gasteiger charge is 2.39. The molecule has 0 saturated heterocycles. The van der Waals surface area contributed by atoms with Crippen LogP contribution in [-0.4, -0.2) is 28.8 Å². The van der Waals surface area contributed by atoms with Crippen molar-refractivity contribution in [1.29, 1.82) is 0 Å². The van der Waals surface area contributed by atoms with Crippen LogP contribution in [0.25, 0.3) is 0 Å². The molecule has 0 aromatic heterocycles. The van der Waals surface area contributed by atoms with Crippen LogP contribution < -0.4 is 4.74 Å². The second-order valence-electron chi connectivity index (χ2n) is 6.77. The zero-order valence-electron chi connectivity index (χ0n) is 14.5. The van der Waals surface area contributed by atoms with Gasteiger partial charge in [-0.15, -0.1) is 0 Å². The van der Waals surface area contributed by atoms with Crippen LogP contribution in [-0.2, 0) is 20.4 Å². The van der Waals surface area contributed by atoms with Crippen molar-refractivity contribution in [2.45, 2.75) is 58.3 Å². The first kappa shape index (κ1) is 19.0. The summed E-state index contributed by atoms with van der Waals surface area (Å²) in [5, 5.41) is 19.0. The number of hydrogen-bond acceptors (Lipinski definition) is 3. The van der Waals surface area contributed by atoms with E-state index in [0.717, 1.165) is 12.8 Å². The van der Waals surface area contributed by atoms with Gasteiger partial charge in [-0.05, 0) is 57.4 Å². The Hall–Kier alpha value is -2.04. The Labute approximate surface area is 137 Å². The van der Waals surface area contributed by atoms with Crippen LogP contribution in [0.5, 0.6) is 5.75 Å². The van der Waals surface area contributed by atoms with Crippen LogP contribution in [0.4, 0.5) is 0 Å². The van der Waals surface area contributed by atoms with Crippen molar-refractivity contribution >= 4 is 11.9 Å². The minimum atomic E-state index is -1.22. The van der Waals surface area contributed by atoms with E-state index in [4.69, 9.17) is 4.74 Å². The van der Waals surface area contributed by atoms with E-state index in [2.05, 4.69) is 6.92 Å². The molecule has 1 aromatic rings. The SMILES string of the molecule is CCCCOc1ccc(C(C)(C)C(=O)O)c(C(C)(C)C(=O)O)c1.